The number of hydrogen-bond acceptors (Lipinski definition) is 4. The second-order valence-corrected chi connectivity index (χ2v) is 9.53. The fourth-order valence-electron chi connectivity index (χ4n) is 4.25. The van der Waals surface area contributed by atoms with Gasteiger partial charge in [0, 0.05) is 30.6 Å². The van der Waals surface area contributed by atoms with Crippen LogP contribution in [0.4, 0.5) is 4.39 Å². The van der Waals surface area contributed by atoms with E-state index in [0.29, 0.717) is 25.5 Å². The molecule has 0 unspecified atom stereocenters. The van der Waals surface area contributed by atoms with Crippen molar-refractivity contribution in [1.82, 2.24) is 20.4 Å². The second-order valence-electron chi connectivity index (χ2n) is 9.53. The normalized spacial score (nSPS) is 22.1. The summed E-state index contributed by atoms with van der Waals surface area (Å²) in [6.45, 7) is 10.4. The minimum Gasteiger partial charge on any atom is -0.376 e. The quantitative estimate of drug-likeness (QED) is 0.828. The Morgan fingerprint density at radius 2 is 2.10 bits per heavy atom. The molecule has 29 heavy (non-hydrogen) atoms. The van der Waals surface area contributed by atoms with Crippen molar-refractivity contribution in [3.05, 3.63) is 52.6 Å². The highest BCUT2D eigenvalue weighted by atomic mass is 19.1. The first-order valence-corrected chi connectivity index (χ1v) is 10.2. The van der Waals surface area contributed by atoms with Gasteiger partial charge in [0.05, 0.1) is 18.9 Å². The SMILES string of the molecule is CC(C)(C)CNC(=O)c1n[nH]c2c1COC[C@]21CCN(Cc2ccc(F)cc2)C1. The molecule has 0 radical (unpaired) electrons. The Morgan fingerprint density at radius 1 is 1.34 bits per heavy atom. The minimum absolute atomic E-state index is 0.00998. The molecule has 6 nitrogen and oxygen atoms in total. The predicted octanol–water partition coefficient (Wildman–Crippen LogP) is 3.00. The van der Waals surface area contributed by atoms with Crippen molar-refractivity contribution in [2.45, 2.75) is 45.8 Å². The number of H-pyrrole nitrogens is 1. The van der Waals surface area contributed by atoms with E-state index in [4.69, 9.17) is 4.74 Å². The first-order chi connectivity index (χ1) is 13.8. The average molecular weight is 400 g/mol. The van der Waals surface area contributed by atoms with Crippen LogP contribution >= 0.6 is 0 Å². The van der Waals surface area contributed by atoms with Gasteiger partial charge >= 0.3 is 0 Å². The molecule has 1 atom stereocenters. The summed E-state index contributed by atoms with van der Waals surface area (Å²) in [4.78, 5) is 15.0. The number of hydrogen-bond donors (Lipinski definition) is 2. The fourth-order valence-corrected chi connectivity index (χ4v) is 4.25. The molecule has 2 N–H and O–H groups in total. The fraction of sp³-hybridized carbons (Fsp3) is 0.545. The van der Waals surface area contributed by atoms with Crippen molar-refractivity contribution >= 4 is 5.91 Å². The standard InChI is InChI=1S/C22H29FN4O2/c1-21(2,3)12-24-20(28)18-17-11-29-14-22(19(17)26-25-18)8-9-27(13-22)10-15-4-6-16(23)7-5-15/h4-7H,8-14H2,1-3H3,(H,24,28)(H,25,26)/t22-/m1/s1. The lowest BCUT2D eigenvalue weighted by Crippen LogP contribution is -2.40. The van der Waals surface area contributed by atoms with Gasteiger partial charge in [-0.2, -0.15) is 5.10 Å². The maximum Gasteiger partial charge on any atom is 0.272 e. The van der Waals surface area contributed by atoms with Crippen molar-refractivity contribution in [3.8, 4) is 0 Å². The molecular weight excluding hydrogens is 371 g/mol. The lowest BCUT2D eigenvalue weighted by atomic mass is 9.80. The third kappa shape index (κ3) is 4.21. The zero-order chi connectivity index (χ0) is 20.6. The van der Waals surface area contributed by atoms with E-state index in [1.165, 1.54) is 12.1 Å². The maximum atomic E-state index is 13.2. The maximum absolute atomic E-state index is 13.2. The van der Waals surface area contributed by atoms with Crippen molar-refractivity contribution < 1.29 is 13.9 Å². The van der Waals surface area contributed by atoms with E-state index in [-0.39, 0.29) is 22.6 Å². The Morgan fingerprint density at radius 3 is 2.83 bits per heavy atom. The van der Waals surface area contributed by atoms with Gasteiger partial charge in [0.15, 0.2) is 5.69 Å². The van der Waals surface area contributed by atoms with Crippen LogP contribution in [0, 0.1) is 11.2 Å². The number of nitrogens with zero attached hydrogens (tertiary/aromatic N) is 2. The average Bonchev–Trinajstić information content (AvgIpc) is 3.27. The molecule has 0 saturated carbocycles. The van der Waals surface area contributed by atoms with Crippen LogP contribution in [-0.4, -0.2) is 47.2 Å². The molecule has 2 aliphatic rings. The van der Waals surface area contributed by atoms with Crippen LogP contribution < -0.4 is 5.32 Å². The van der Waals surface area contributed by atoms with Crippen LogP contribution in [0.3, 0.4) is 0 Å². The number of amides is 1. The molecule has 3 heterocycles. The molecule has 156 valence electrons. The van der Waals surface area contributed by atoms with Gasteiger partial charge in [-0.05, 0) is 36.1 Å². The molecule has 2 aromatic rings. The third-order valence-electron chi connectivity index (χ3n) is 5.77. The number of nitrogens with one attached hydrogen (secondary N) is 2. The van der Waals surface area contributed by atoms with Crippen LogP contribution in [0.15, 0.2) is 24.3 Å². The number of likely N-dealkylation sites (tertiary alicyclic amines) is 1. The highest BCUT2D eigenvalue weighted by Gasteiger charge is 2.46. The Bertz CT molecular complexity index is 887. The van der Waals surface area contributed by atoms with Crippen molar-refractivity contribution in [1.29, 1.82) is 0 Å². The van der Waals surface area contributed by atoms with Crippen molar-refractivity contribution in [2.75, 3.05) is 26.2 Å². The van der Waals surface area contributed by atoms with Crippen molar-refractivity contribution in [2.24, 2.45) is 5.41 Å². The second kappa shape index (κ2) is 7.54. The molecule has 1 spiro atoms. The molecule has 4 rings (SSSR count). The van der Waals surface area contributed by atoms with E-state index in [2.05, 4.69) is 41.2 Å². The monoisotopic (exact) mass is 400 g/mol. The van der Waals surface area contributed by atoms with E-state index in [9.17, 15) is 9.18 Å². The van der Waals surface area contributed by atoms with Crippen LogP contribution in [-0.2, 0) is 23.3 Å². The molecule has 1 amide bonds. The number of ether oxygens (including phenoxy) is 1. The number of halogens is 1. The molecule has 7 heteroatoms. The summed E-state index contributed by atoms with van der Waals surface area (Å²) >= 11 is 0. The molecule has 1 aromatic heterocycles. The van der Waals surface area contributed by atoms with E-state index in [1.807, 2.05) is 12.1 Å². The topological polar surface area (TPSA) is 70.2 Å². The van der Waals surface area contributed by atoms with Gasteiger partial charge in [-0.25, -0.2) is 4.39 Å². The van der Waals surface area contributed by atoms with Crippen LogP contribution in [0.25, 0.3) is 0 Å². The number of fused-ring (bicyclic) bond motifs is 2. The summed E-state index contributed by atoms with van der Waals surface area (Å²) in [7, 11) is 0. The number of carbonyl (C=O) groups excluding carboxylic acids is 1. The molecule has 0 bridgehead atoms. The summed E-state index contributed by atoms with van der Waals surface area (Å²) in [5, 5.41) is 10.5. The summed E-state index contributed by atoms with van der Waals surface area (Å²) in [6, 6.07) is 6.66. The highest BCUT2D eigenvalue weighted by molar-refractivity contribution is 5.94. The summed E-state index contributed by atoms with van der Waals surface area (Å²) in [5.41, 5.74) is 3.28. The zero-order valence-electron chi connectivity index (χ0n) is 17.3. The number of aromatic amines is 1. The van der Waals surface area contributed by atoms with E-state index >= 15 is 0 Å². The van der Waals surface area contributed by atoms with Gasteiger partial charge in [0.25, 0.3) is 5.91 Å². The zero-order valence-corrected chi connectivity index (χ0v) is 17.3. The van der Waals surface area contributed by atoms with E-state index in [0.717, 1.165) is 42.9 Å². The van der Waals surface area contributed by atoms with Crippen LogP contribution in [0.5, 0.6) is 0 Å². The first-order valence-electron chi connectivity index (χ1n) is 10.2. The Kier molecular flexibility index (Phi) is 5.21. The molecule has 1 saturated heterocycles. The molecule has 1 fully saturated rings. The van der Waals surface area contributed by atoms with Gasteiger partial charge in [-0.15, -0.1) is 0 Å². The summed E-state index contributed by atoms with van der Waals surface area (Å²) < 4.78 is 19.1. The lowest BCUT2D eigenvalue weighted by molar-refractivity contribution is 0.0509. The van der Waals surface area contributed by atoms with Gasteiger partial charge in [0.1, 0.15) is 5.82 Å². The molecule has 2 aliphatic heterocycles. The van der Waals surface area contributed by atoms with E-state index < -0.39 is 0 Å². The molecular formula is C22H29FN4O2. The first kappa shape index (κ1) is 20.0. The lowest BCUT2D eigenvalue weighted by Gasteiger charge is -2.33. The Balaban J connectivity index is 1.49. The Labute approximate surface area is 170 Å². The predicted molar refractivity (Wildman–Crippen MR) is 108 cm³/mol. The summed E-state index contributed by atoms with van der Waals surface area (Å²) in [6.07, 6.45) is 0.937. The van der Waals surface area contributed by atoms with Gasteiger partial charge in [-0.1, -0.05) is 32.9 Å². The van der Waals surface area contributed by atoms with Gasteiger partial charge in [0.2, 0.25) is 0 Å². The smallest absolute Gasteiger partial charge is 0.272 e. The van der Waals surface area contributed by atoms with Crippen LogP contribution in [0.2, 0.25) is 0 Å². The number of rotatable bonds is 4. The van der Waals surface area contributed by atoms with Crippen LogP contribution in [0.1, 0.15) is 54.5 Å². The van der Waals surface area contributed by atoms with Crippen molar-refractivity contribution in [3.63, 3.8) is 0 Å². The van der Waals surface area contributed by atoms with Gasteiger partial charge in [-0.3, -0.25) is 14.8 Å². The number of carbonyl (C=O) groups is 1. The summed E-state index contributed by atoms with van der Waals surface area (Å²) in [5.74, 6) is -0.370. The van der Waals surface area contributed by atoms with Gasteiger partial charge < -0.3 is 10.1 Å². The number of aromatic nitrogens is 2. The largest absolute Gasteiger partial charge is 0.376 e. The Hall–Kier alpha value is -2.25. The van der Waals surface area contributed by atoms with E-state index in [1.54, 1.807) is 0 Å². The third-order valence-corrected chi connectivity index (χ3v) is 5.77. The number of benzene rings is 1. The molecule has 0 aliphatic carbocycles. The molecule has 1 aromatic carbocycles. The highest BCUT2D eigenvalue weighted by Crippen LogP contribution is 2.40. The minimum atomic E-state index is -0.216.